The third-order valence-electron chi connectivity index (χ3n) is 3.16. The topological polar surface area (TPSA) is 55.3 Å². The Morgan fingerprint density at radius 1 is 1.43 bits per heavy atom. The quantitative estimate of drug-likeness (QED) is 0.745. The fourth-order valence-electron chi connectivity index (χ4n) is 2.16. The van der Waals surface area contributed by atoms with Crippen LogP contribution in [-0.4, -0.2) is 39.7 Å². The van der Waals surface area contributed by atoms with Crippen LogP contribution >= 0.6 is 11.6 Å². The molecule has 0 N–H and O–H groups in total. The van der Waals surface area contributed by atoms with Gasteiger partial charge in [0.15, 0.2) is 0 Å². The van der Waals surface area contributed by atoms with Crippen LogP contribution < -0.4 is 0 Å². The highest BCUT2D eigenvalue weighted by atomic mass is 35.5. The Morgan fingerprint density at radius 2 is 2.14 bits per heavy atom. The van der Waals surface area contributed by atoms with Gasteiger partial charge in [0, 0.05) is 30.5 Å². The molecule has 1 aromatic rings. The number of aryl methyl sites for hydroxylation is 1. The minimum atomic E-state index is -0.471. The second-order valence-electron chi connectivity index (χ2n) is 6.04. The van der Waals surface area contributed by atoms with E-state index >= 15 is 0 Å². The Balaban J connectivity index is 2.07. The number of ether oxygens (including phenoxy) is 1. The fourth-order valence-corrected chi connectivity index (χ4v) is 2.34. The first-order chi connectivity index (χ1) is 9.76. The molecule has 0 saturated heterocycles. The van der Waals surface area contributed by atoms with Gasteiger partial charge in [0.05, 0.1) is 0 Å². The molecule has 0 fully saturated rings. The monoisotopic (exact) mass is 309 g/mol. The van der Waals surface area contributed by atoms with E-state index < -0.39 is 5.60 Å². The SMILES string of the molecule is Cc1nc(Cl)ncc1C1=CCN(C(=O)OC(C)(C)C)CC1. The number of nitrogens with zero attached hydrogens (tertiary/aromatic N) is 3. The van der Waals surface area contributed by atoms with Gasteiger partial charge >= 0.3 is 6.09 Å². The van der Waals surface area contributed by atoms with Crippen molar-refractivity contribution in [2.45, 2.75) is 39.7 Å². The van der Waals surface area contributed by atoms with Crippen molar-refractivity contribution in [3.63, 3.8) is 0 Å². The van der Waals surface area contributed by atoms with E-state index in [-0.39, 0.29) is 11.4 Å². The molecule has 0 aromatic carbocycles. The lowest BCUT2D eigenvalue weighted by atomic mass is 10.00. The maximum Gasteiger partial charge on any atom is 0.410 e. The van der Waals surface area contributed by atoms with Gasteiger partial charge in [-0.2, -0.15) is 0 Å². The first-order valence-electron chi connectivity index (χ1n) is 6.93. The zero-order chi connectivity index (χ0) is 15.6. The summed E-state index contributed by atoms with van der Waals surface area (Å²) in [5, 5.41) is 0.253. The summed E-state index contributed by atoms with van der Waals surface area (Å²) in [7, 11) is 0. The normalized spacial score (nSPS) is 15.7. The Bertz CT molecular complexity index is 579. The maximum atomic E-state index is 12.0. The molecule has 1 amide bonds. The molecule has 0 saturated carbocycles. The summed E-state index contributed by atoms with van der Waals surface area (Å²) < 4.78 is 5.37. The third-order valence-corrected chi connectivity index (χ3v) is 3.34. The first-order valence-corrected chi connectivity index (χ1v) is 7.30. The van der Waals surface area contributed by atoms with E-state index in [9.17, 15) is 4.79 Å². The molecule has 1 aromatic heterocycles. The molecule has 5 nitrogen and oxygen atoms in total. The summed E-state index contributed by atoms with van der Waals surface area (Å²) in [6.45, 7) is 8.67. The fraction of sp³-hybridized carbons (Fsp3) is 0.533. The third kappa shape index (κ3) is 4.17. The number of carbonyl (C=O) groups is 1. The number of amides is 1. The lowest BCUT2D eigenvalue weighted by Gasteiger charge is -2.29. The predicted octanol–water partition coefficient (Wildman–Crippen LogP) is 3.46. The van der Waals surface area contributed by atoms with Gasteiger partial charge in [-0.25, -0.2) is 14.8 Å². The van der Waals surface area contributed by atoms with Crippen LogP contribution in [0.4, 0.5) is 4.79 Å². The zero-order valence-corrected chi connectivity index (χ0v) is 13.6. The van der Waals surface area contributed by atoms with Gasteiger partial charge in [-0.1, -0.05) is 6.08 Å². The highest BCUT2D eigenvalue weighted by Gasteiger charge is 2.24. The van der Waals surface area contributed by atoms with Crippen molar-refractivity contribution in [2.24, 2.45) is 0 Å². The summed E-state index contributed by atoms with van der Waals surface area (Å²) in [6.07, 6.45) is 4.24. The number of rotatable bonds is 1. The van der Waals surface area contributed by atoms with Crippen LogP contribution in [0, 0.1) is 6.92 Å². The lowest BCUT2D eigenvalue weighted by molar-refractivity contribution is 0.0270. The van der Waals surface area contributed by atoms with Gasteiger partial charge in [0.25, 0.3) is 0 Å². The highest BCUT2D eigenvalue weighted by Crippen LogP contribution is 2.25. The van der Waals surface area contributed by atoms with Gasteiger partial charge in [-0.05, 0) is 51.3 Å². The minimum Gasteiger partial charge on any atom is -0.444 e. The van der Waals surface area contributed by atoms with E-state index in [0.717, 1.165) is 23.3 Å². The Hall–Kier alpha value is -1.62. The number of carbonyl (C=O) groups excluding carboxylic acids is 1. The second-order valence-corrected chi connectivity index (χ2v) is 6.38. The molecule has 0 spiro atoms. The van der Waals surface area contributed by atoms with Crippen LogP contribution in [0.25, 0.3) is 5.57 Å². The average molecular weight is 310 g/mol. The van der Waals surface area contributed by atoms with E-state index in [4.69, 9.17) is 16.3 Å². The lowest BCUT2D eigenvalue weighted by Crippen LogP contribution is -2.39. The molecular weight excluding hydrogens is 290 g/mol. The number of halogens is 1. The molecule has 0 atom stereocenters. The Labute approximate surface area is 130 Å². The van der Waals surface area contributed by atoms with Gasteiger partial charge in [-0.3, -0.25) is 0 Å². The molecule has 2 heterocycles. The molecule has 0 aliphatic carbocycles. The second kappa shape index (κ2) is 6.02. The Kier molecular flexibility index (Phi) is 4.52. The first kappa shape index (κ1) is 15.8. The van der Waals surface area contributed by atoms with Crippen LogP contribution in [0.2, 0.25) is 5.28 Å². The standard InChI is InChI=1S/C15H20ClN3O2/c1-10-12(9-17-13(16)18-10)11-5-7-19(8-6-11)14(20)21-15(2,3)4/h5,9H,6-8H2,1-4H3. The van der Waals surface area contributed by atoms with Crippen molar-refractivity contribution in [3.05, 3.63) is 28.8 Å². The molecule has 0 bridgehead atoms. The van der Waals surface area contributed by atoms with E-state index in [2.05, 4.69) is 9.97 Å². The van der Waals surface area contributed by atoms with Crippen LogP contribution in [-0.2, 0) is 4.74 Å². The van der Waals surface area contributed by atoms with Gasteiger partial charge in [0.2, 0.25) is 5.28 Å². The van der Waals surface area contributed by atoms with E-state index in [1.54, 1.807) is 11.1 Å². The number of hydrogen-bond donors (Lipinski definition) is 0. The van der Waals surface area contributed by atoms with E-state index in [1.807, 2.05) is 33.8 Å². The maximum absolute atomic E-state index is 12.0. The molecule has 114 valence electrons. The van der Waals surface area contributed by atoms with Gasteiger partial charge < -0.3 is 9.64 Å². The molecule has 1 aliphatic rings. The molecule has 21 heavy (non-hydrogen) atoms. The van der Waals surface area contributed by atoms with Crippen LogP contribution in [0.1, 0.15) is 38.4 Å². The molecular formula is C15H20ClN3O2. The molecule has 0 unspecified atom stereocenters. The van der Waals surface area contributed by atoms with Gasteiger partial charge in [-0.15, -0.1) is 0 Å². The largest absolute Gasteiger partial charge is 0.444 e. The summed E-state index contributed by atoms with van der Waals surface area (Å²) in [5.74, 6) is 0. The van der Waals surface area contributed by atoms with Crippen molar-refractivity contribution in [1.82, 2.24) is 14.9 Å². The smallest absolute Gasteiger partial charge is 0.410 e. The molecule has 6 heteroatoms. The zero-order valence-electron chi connectivity index (χ0n) is 12.8. The molecule has 2 rings (SSSR count). The average Bonchev–Trinajstić information content (AvgIpc) is 2.37. The van der Waals surface area contributed by atoms with Crippen molar-refractivity contribution >= 4 is 23.3 Å². The highest BCUT2D eigenvalue weighted by molar-refractivity contribution is 6.28. The van der Waals surface area contributed by atoms with E-state index in [0.29, 0.717) is 13.1 Å². The van der Waals surface area contributed by atoms with Gasteiger partial charge in [0.1, 0.15) is 5.60 Å². The summed E-state index contributed by atoms with van der Waals surface area (Å²) in [4.78, 5) is 21.9. The molecule has 0 radical (unpaired) electrons. The van der Waals surface area contributed by atoms with Crippen LogP contribution in [0.3, 0.4) is 0 Å². The minimum absolute atomic E-state index is 0.253. The van der Waals surface area contributed by atoms with E-state index in [1.165, 1.54) is 0 Å². The summed E-state index contributed by atoms with van der Waals surface area (Å²) >= 11 is 5.77. The summed E-state index contributed by atoms with van der Waals surface area (Å²) in [6, 6.07) is 0. The van der Waals surface area contributed by atoms with Crippen LogP contribution in [0.15, 0.2) is 12.3 Å². The number of aromatic nitrogens is 2. The molecule has 1 aliphatic heterocycles. The summed E-state index contributed by atoms with van der Waals surface area (Å²) in [5.41, 5.74) is 2.51. The number of hydrogen-bond acceptors (Lipinski definition) is 4. The van der Waals surface area contributed by atoms with Crippen molar-refractivity contribution in [2.75, 3.05) is 13.1 Å². The van der Waals surface area contributed by atoms with Crippen molar-refractivity contribution in [1.29, 1.82) is 0 Å². The van der Waals surface area contributed by atoms with Crippen molar-refractivity contribution in [3.8, 4) is 0 Å². The Morgan fingerprint density at radius 3 is 2.67 bits per heavy atom. The van der Waals surface area contributed by atoms with Crippen molar-refractivity contribution < 1.29 is 9.53 Å². The van der Waals surface area contributed by atoms with Crippen LogP contribution in [0.5, 0.6) is 0 Å². The predicted molar refractivity (Wildman–Crippen MR) is 82.2 cm³/mol.